The maximum absolute atomic E-state index is 11.0. The Morgan fingerprint density at radius 3 is 2.50 bits per heavy atom. The summed E-state index contributed by atoms with van der Waals surface area (Å²) in [7, 11) is 1.42. The normalized spacial score (nSPS) is 10.4. The molecule has 1 heterocycles. The van der Waals surface area contributed by atoms with Crippen molar-refractivity contribution in [3.05, 3.63) is 45.0 Å². The Balaban J connectivity index is 2.77. The number of rotatable bonds is 3. The van der Waals surface area contributed by atoms with Crippen molar-refractivity contribution in [1.29, 1.82) is 0 Å². The number of ether oxygens (including phenoxy) is 1. The van der Waals surface area contributed by atoms with E-state index >= 15 is 0 Å². The SMILES string of the molecule is COc1ncc(C(=O)O)cc1-c1c(Cl)ccc(Cl)c1Cl. The van der Waals surface area contributed by atoms with Gasteiger partial charge in [-0.15, -0.1) is 0 Å². The summed E-state index contributed by atoms with van der Waals surface area (Å²) < 4.78 is 5.12. The highest BCUT2D eigenvalue weighted by molar-refractivity contribution is 6.46. The molecule has 4 nitrogen and oxygen atoms in total. The molecule has 0 unspecified atom stereocenters. The zero-order valence-corrected chi connectivity index (χ0v) is 12.4. The first-order valence-corrected chi connectivity index (χ1v) is 6.50. The van der Waals surface area contributed by atoms with E-state index in [2.05, 4.69) is 4.98 Å². The number of pyridine rings is 1. The van der Waals surface area contributed by atoms with Crippen LogP contribution in [0, 0.1) is 0 Å². The summed E-state index contributed by atoms with van der Waals surface area (Å²) in [5.74, 6) is -0.906. The van der Waals surface area contributed by atoms with Gasteiger partial charge in [0.1, 0.15) is 0 Å². The van der Waals surface area contributed by atoms with Gasteiger partial charge in [0.2, 0.25) is 5.88 Å². The minimum atomic E-state index is -1.12. The van der Waals surface area contributed by atoms with Gasteiger partial charge in [0.25, 0.3) is 0 Å². The third kappa shape index (κ3) is 2.68. The van der Waals surface area contributed by atoms with E-state index in [0.29, 0.717) is 21.2 Å². The van der Waals surface area contributed by atoms with E-state index in [1.165, 1.54) is 19.4 Å². The third-order valence-corrected chi connectivity index (χ3v) is 3.72. The van der Waals surface area contributed by atoms with Crippen LogP contribution in [-0.2, 0) is 0 Å². The molecule has 0 amide bonds. The molecule has 1 aromatic heterocycles. The average molecular weight is 333 g/mol. The van der Waals surface area contributed by atoms with Crippen LogP contribution in [0.25, 0.3) is 11.1 Å². The topological polar surface area (TPSA) is 59.4 Å². The molecule has 20 heavy (non-hydrogen) atoms. The molecule has 104 valence electrons. The Bertz CT molecular complexity index is 689. The van der Waals surface area contributed by atoms with Gasteiger partial charge in [-0.3, -0.25) is 0 Å². The predicted octanol–water partition coefficient (Wildman–Crippen LogP) is 4.42. The molecular formula is C13H8Cl3NO3. The number of carboxylic acid groups (broad SMARTS) is 1. The van der Waals surface area contributed by atoms with E-state index in [4.69, 9.17) is 44.6 Å². The molecule has 0 saturated carbocycles. The average Bonchev–Trinajstić information content (AvgIpc) is 2.43. The first-order chi connectivity index (χ1) is 9.45. The largest absolute Gasteiger partial charge is 0.481 e. The molecule has 0 fully saturated rings. The molecule has 0 saturated heterocycles. The number of aromatic nitrogens is 1. The van der Waals surface area contributed by atoms with E-state index in [1.807, 2.05) is 0 Å². The Morgan fingerprint density at radius 2 is 1.90 bits per heavy atom. The van der Waals surface area contributed by atoms with Crippen molar-refractivity contribution in [3.63, 3.8) is 0 Å². The van der Waals surface area contributed by atoms with Crippen molar-refractivity contribution in [3.8, 4) is 17.0 Å². The molecular weight excluding hydrogens is 325 g/mol. The second kappa shape index (κ2) is 5.87. The maximum Gasteiger partial charge on any atom is 0.337 e. The number of hydrogen-bond donors (Lipinski definition) is 1. The standard InChI is InChI=1S/C13H8Cl3NO3/c1-20-12-7(4-6(5-17-12)13(18)19)10-8(14)2-3-9(15)11(10)16/h2-5H,1H3,(H,18,19). The van der Waals surface area contributed by atoms with Gasteiger partial charge < -0.3 is 9.84 Å². The van der Waals surface area contributed by atoms with E-state index in [9.17, 15) is 4.79 Å². The molecule has 0 bridgehead atoms. The van der Waals surface area contributed by atoms with Crippen LogP contribution in [0.5, 0.6) is 5.88 Å². The first kappa shape index (κ1) is 14.9. The quantitative estimate of drug-likeness (QED) is 0.845. The summed E-state index contributed by atoms with van der Waals surface area (Å²) in [5, 5.41) is 9.87. The van der Waals surface area contributed by atoms with E-state index in [-0.39, 0.29) is 16.5 Å². The molecule has 1 N–H and O–H groups in total. The summed E-state index contributed by atoms with van der Waals surface area (Å²) in [6.07, 6.45) is 1.19. The van der Waals surface area contributed by atoms with Crippen molar-refractivity contribution in [2.45, 2.75) is 0 Å². The highest BCUT2D eigenvalue weighted by Crippen LogP contribution is 2.42. The van der Waals surface area contributed by atoms with Gasteiger partial charge in [-0.1, -0.05) is 34.8 Å². The van der Waals surface area contributed by atoms with Crippen molar-refractivity contribution in [2.75, 3.05) is 7.11 Å². The van der Waals surface area contributed by atoms with Crippen LogP contribution in [0.3, 0.4) is 0 Å². The Kier molecular flexibility index (Phi) is 4.38. The van der Waals surface area contributed by atoms with Gasteiger partial charge in [0.05, 0.1) is 27.7 Å². The molecule has 0 spiro atoms. The zero-order chi connectivity index (χ0) is 14.9. The van der Waals surface area contributed by atoms with Gasteiger partial charge in [0, 0.05) is 17.3 Å². The molecule has 0 aliphatic heterocycles. The summed E-state index contributed by atoms with van der Waals surface area (Å²) >= 11 is 18.2. The Labute approximate surface area is 129 Å². The number of benzene rings is 1. The minimum Gasteiger partial charge on any atom is -0.481 e. The Hall–Kier alpha value is -1.49. The van der Waals surface area contributed by atoms with Crippen LogP contribution >= 0.6 is 34.8 Å². The molecule has 0 radical (unpaired) electrons. The van der Waals surface area contributed by atoms with E-state index in [0.717, 1.165) is 0 Å². The summed E-state index contributed by atoms with van der Waals surface area (Å²) in [5.41, 5.74) is 0.742. The molecule has 2 aromatic rings. The van der Waals surface area contributed by atoms with Crippen LogP contribution < -0.4 is 4.74 Å². The fourth-order valence-corrected chi connectivity index (χ4v) is 2.42. The Morgan fingerprint density at radius 1 is 1.25 bits per heavy atom. The fraction of sp³-hybridized carbons (Fsp3) is 0.0769. The predicted molar refractivity (Wildman–Crippen MR) is 78.2 cm³/mol. The third-order valence-electron chi connectivity index (χ3n) is 2.60. The van der Waals surface area contributed by atoms with Crippen LogP contribution in [0.2, 0.25) is 15.1 Å². The highest BCUT2D eigenvalue weighted by Gasteiger charge is 2.19. The molecule has 2 rings (SSSR count). The summed E-state index contributed by atoms with van der Waals surface area (Å²) in [6.45, 7) is 0. The number of hydrogen-bond acceptors (Lipinski definition) is 3. The van der Waals surface area contributed by atoms with Gasteiger partial charge in [-0.2, -0.15) is 0 Å². The molecule has 0 aliphatic carbocycles. The first-order valence-electron chi connectivity index (χ1n) is 5.37. The number of aromatic carboxylic acids is 1. The zero-order valence-electron chi connectivity index (χ0n) is 10.2. The number of carbonyl (C=O) groups is 1. The van der Waals surface area contributed by atoms with Crippen LogP contribution in [0.1, 0.15) is 10.4 Å². The van der Waals surface area contributed by atoms with Gasteiger partial charge in [-0.25, -0.2) is 9.78 Å². The number of methoxy groups -OCH3 is 1. The van der Waals surface area contributed by atoms with Crippen LogP contribution in [0.4, 0.5) is 0 Å². The fourth-order valence-electron chi connectivity index (χ4n) is 1.68. The lowest BCUT2D eigenvalue weighted by atomic mass is 10.0. The van der Waals surface area contributed by atoms with Crippen LogP contribution in [0.15, 0.2) is 24.4 Å². The number of halogens is 3. The van der Waals surface area contributed by atoms with E-state index in [1.54, 1.807) is 12.1 Å². The molecule has 0 atom stereocenters. The van der Waals surface area contributed by atoms with Crippen LogP contribution in [-0.4, -0.2) is 23.2 Å². The molecule has 1 aromatic carbocycles. The van der Waals surface area contributed by atoms with E-state index < -0.39 is 5.97 Å². The van der Waals surface area contributed by atoms with Crippen molar-refractivity contribution < 1.29 is 14.6 Å². The minimum absolute atomic E-state index is 0.00657. The van der Waals surface area contributed by atoms with Gasteiger partial charge in [0.15, 0.2) is 0 Å². The van der Waals surface area contributed by atoms with Crippen molar-refractivity contribution in [1.82, 2.24) is 4.98 Å². The lowest BCUT2D eigenvalue weighted by Crippen LogP contribution is -2.00. The lowest BCUT2D eigenvalue weighted by molar-refractivity contribution is 0.0696. The molecule has 7 heteroatoms. The number of nitrogens with zero attached hydrogens (tertiary/aromatic N) is 1. The number of carboxylic acids is 1. The second-order valence-corrected chi connectivity index (χ2v) is 5.00. The summed E-state index contributed by atoms with van der Waals surface area (Å²) in [4.78, 5) is 15.0. The lowest BCUT2D eigenvalue weighted by Gasteiger charge is -2.12. The smallest absolute Gasteiger partial charge is 0.337 e. The highest BCUT2D eigenvalue weighted by atomic mass is 35.5. The monoisotopic (exact) mass is 331 g/mol. The second-order valence-electron chi connectivity index (χ2n) is 3.80. The summed E-state index contributed by atoms with van der Waals surface area (Å²) in [6, 6.07) is 4.51. The van der Waals surface area contributed by atoms with Crippen molar-refractivity contribution in [2.24, 2.45) is 0 Å². The maximum atomic E-state index is 11.0. The van der Waals surface area contributed by atoms with Gasteiger partial charge in [-0.05, 0) is 18.2 Å². The van der Waals surface area contributed by atoms with Crippen molar-refractivity contribution >= 4 is 40.8 Å². The molecule has 0 aliphatic rings. The van der Waals surface area contributed by atoms with Gasteiger partial charge >= 0.3 is 5.97 Å².